The average molecular weight is 214 g/mol. The van der Waals surface area contributed by atoms with Gasteiger partial charge in [0.2, 0.25) is 0 Å². The van der Waals surface area contributed by atoms with Gasteiger partial charge in [-0.05, 0) is 11.6 Å². The summed E-state index contributed by atoms with van der Waals surface area (Å²) in [5, 5.41) is 9.64. The van der Waals surface area contributed by atoms with E-state index in [0.717, 1.165) is 12.0 Å². The van der Waals surface area contributed by atoms with Crippen LogP contribution in [-0.4, -0.2) is 12.2 Å². The number of rotatable bonds is 3. The van der Waals surface area contributed by atoms with E-state index >= 15 is 0 Å². The van der Waals surface area contributed by atoms with Crippen LogP contribution in [0.5, 0.6) is 11.5 Å². The Hall–Kier alpha value is -1.96. The molecule has 2 aromatic carbocycles. The number of hydrogen-bond acceptors (Lipinski definition) is 2. The van der Waals surface area contributed by atoms with E-state index in [1.54, 1.807) is 13.2 Å². The van der Waals surface area contributed by atoms with E-state index in [0.29, 0.717) is 5.75 Å². The summed E-state index contributed by atoms with van der Waals surface area (Å²) in [7, 11) is 1.57. The first-order valence-electron chi connectivity index (χ1n) is 5.20. The first-order valence-corrected chi connectivity index (χ1v) is 5.20. The van der Waals surface area contributed by atoms with E-state index in [1.807, 2.05) is 30.3 Å². The summed E-state index contributed by atoms with van der Waals surface area (Å²) in [5.41, 5.74) is 2.19. The maximum absolute atomic E-state index is 9.64. The molecule has 1 N–H and O–H groups in total. The predicted molar refractivity (Wildman–Crippen MR) is 63.9 cm³/mol. The summed E-state index contributed by atoms with van der Waals surface area (Å²) in [6.45, 7) is 0. The van der Waals surface area contributed by atoms with Crippen LogP contribution in [0.25, 0.3) is 0 Å². The van der Waals surface area contributed by atoms with Crippen molar-refractivity contribution in [2.24, 2.45) is 0 Å². The largest absolute Gasteiger partial charge is 0.504 e. The van der Waals surface area contributed by atoms with Gasteiger partial charge in [0.1, 0.15) is 0 Å². The molecule has 82 valence electrons. The highest BCUT2D eigenvalue weighted by Gasteiger charge is 2.07. The SMILES string of the molecule is COc1c(O)cccc1Cc1ccccc1. The molecule has 0 amide bonds. The molecule has 0 saturated carbocycles. The number of ether oxygens (including phenoxy) is 1. The van der Waals surface area contributed by atoms with Crippen LogP contribution in [0.1, 0.15) is 11.1 Å². The molecule has 0 aliphatic carbocycles. The molecule has 0 aliphatic heterocycles. The summed E-state index contributed by atoms with van der Waals surface area (Å²) in [6, 6.07) is 15.5. The number of methoxy groups -OCH3 is 1. The Labute approximate surface area is 95.1 Å². The van der Waals surface area contributed by atoms with Crippen LogP contribution in [0.3, 0.4) is 0 Å². The second kappa shape index (κ2) is 4.71. The van der Waals surface area contributed by atoms with E-state index in [2.05, 4.69) is 12.1 Å². The number of benzene rings is 2. The molecule has 0 aromatic heterocycles. The lowest BCUT2D eigenvalue weighted by Crippen LogP contribution is -1.93. The highest BCUT2D eigenvalue weighted by molar-refractivity contribution is 5.47. The van der Waals surface area contributed by atoms with Crippen molar-refractivity contribution >= 4 is 0 Å². The molecule has 16 heavy (non-hydrogen) atoms. The molecule has 2 aromatic rings. The third-order valence-electron chi connectivity index (χ3n) is 2.52. The van der Waals surface area contributed by atoms with Crippen molar-refractivity contribution in [1.29, 1.82) is 0 Å². The van der Waals surface area contributed by atoms with Gasteiger partial charge in [-0.15, -0.1) is 0 Å². The Morgan fingerprint density at radius 1 is 1.00 bits per heavy atom. The van der Waals surface area contributed by atoms with E-state index in [4.69, 9.17) is 4.74 Å². The molecular weight excluding hydrogens is 200 g/mol. The van der Waals surface area contributed by atoms with Crippen LogP contribution >= 0.6 is 0 Å². The van der Waals surface area contributed by atoms with E-state index in [1.165, 1.54) is 5.56 Å². The molecule has 2 heteroatoms. The molecular formula is C14H14O2. The van der Waals surface area contributed by atoms with Crippen molar-refractivity contribution in [1.82, 2.24) is 0 Å². The third-order valence-corrected chi connectivity index (χ3v) is 2.52. The van der Waals surface area contributed by atoms with E-state index < -0.39 is 0 Å². The second-order valence-corrected chi connectivity index (χ2v) is 3.63. The monoisotopic (exact) mass is 214 g/mol. The van der Waals surface area contributed by atoms with Gasteiger partial charge >= 0.3 is 0 Å². The summed E-state index contributed by atoms with van der Waals surface area (Å²) >= 11 is 0. The van der Waals surface area contributed by atoms with Gasteiger partial charge < -0.3 is 9.84 Å². The molecule has 0 atom stereocenters. The van der Waals surface area contributed by atoms with Crippen molar-refractivity contribution in [2.75, 3.05) is 7.11 Å². The molecule has 0 heterocycles. The molecule has 0 aliphatic rings. The van der Waals surface area contributed by atoms with Crippen molar-refractivity contribution in [3.8, 4) is 11.5 Å². The van der Waals surface area contributed by atoms with Crippen LogP contribution in [0.15, 0.2) is 48.5 Å². The number of phenols is 1. The molecule has 0 unspecified atom stereocenters. The number of aromatic hydroxyl groups is 1. The summed E-state index contributed by atoms with van der Waals surface area (Å²) in [5.74, 6) is 0.752. The minimum Gasteiger partial charge on any atom is -0.504 e. The van der Waals surface area contributed by atoms with E-state index in [-0.39, 0.29) is 5.75 Å². The van der Waals surface area contributed by atoms with Crippen molar-refractivity contribution in [3.63, 3.8) is 0 Å². The Bertz CT molecular complexity index is 463. The molecule has 2 nitrogen and oxygen atoms in total. The second-order valence-electron chi connectivity index (χ2n) is 3.63. The highest BCUT2D eigenvalue weighted by atomic mass is 16.5. The normalized spacial score (nSPS) is 10.1. The van der Waals surface area contributed by atoms with Gasteiger partial charge in [-0.25, -0.2) is 0 Å². The van der Waals surface area contributed by atoms with Crippen LogP contribution in [-0.2, 0) is 6.42 Å². The maximum atomic E-state index is 9.64. The van der Waals surface area contributed by atoms with Gasteiger partial charge in [-0.1, -0.05) is 42.5 Å². The first-order chi connectivity index (χ1) is 7.81. The molecule has 2 rings (SSSR count). The van der Waals surface area contributed by atoms with Gasteiger partial charge in [-0.2, -0.15) is 0 Å². The van der Waals surface area contributed by atoms with Gasteiger partial charge in [-0.3, -0.25) is 0 Å². The fraction of sp³-hybridized carbons (Fsp3) is 0.143. The van der Waals surface area contributed by atoms with Crippen molar-refractivity contribution in [2.45, 2.75) is 6.42 Å². The third kappa shape index (κ3) is 2.16. The molecule has 0 spiro atoms. The minimum atomic E-state index is 0.191. The summed E-state index contributed by atoms with van der Waals surface area (Å²) in [4.78, 5) is 0. The fourth-order valence-corrected chi connectivity index (χ4v) is 1.76. The number of para-hydroxylation sites is 1. The quantitative estimate of drug-likeness (QED) is 0.851. The maximum Gasteiger partial charge on any atom is 0.163 e. The van der Waals surface area contributed by atoms with E-state index in [9.17, 15) is 5.11 Å². The van der Waals surface area contributed by atoms with Crippen LogP contribution in [0, 0.1) is 0 Å². The van der Waals surface area contributed by atoms with Crippen LogP contribution in [0.4, 0.5) is 0 Å². The zero-order valence-corrected chi connectivity index (χ0v) is 9.18. The molecule has 0 saturated heterocycles. The fourth-order valence-electron chi connectivity index (χ4n) is 1.76. The topological polar surface area (TPSA) is 29.5 Å². The standard InChI is InChI=1S/C14H14O2/c1-16-14-12(8-5-9-13(14)15)10-11-6-3-2-4-7-11/h2-9,15H,10H2,1H3. The van der Waals surface area contributed by atoms with Gasteiger partial charge in [0.05, 0.1) is 7.11 Å². The lowest BCUT2D eigenvalue weighted by Gasteiger charge is -2.09. The van der Waals surface area contributed by atoms with Gasteiger partial charge in [0, 0.05) is 12.0 Å². The average Bonchev–Trinajstić information content (AvgIpc) is 2.31. The lowest BCUT2D eigenvalue weighted by atomic mass is 10.0. The highest BCUT2D eigenvalue weighted by Crippen LogP contribution is 2.30. The molecule has 0 fully saturated rings. The first kappa shape index (κ1) is 10.6. The smallest absolute Gasteiger partial charge is 0.163 e. The minimum absolute atomic E-state index is 0.191. The number of hydrogen-bond donors (Lipinski definition) is 1. The van der Waals surface area contributed by atoms with Crippen LogP contribution in [0.2, 0.25) is 0 Å². The predicted octanol–water partition coefficient (Wildman–Crippen LogP) is 2.99. The Kier molecular flexibility index (Phi) is 3.10. The van der Waals surface area contributed by atoms with Gasteiger partial charge in [0.15, 0.2) is 11.5 Å². The van der Waals surface area contributed by atoms with Crippen molar-refractivity contribution < 1.29 is 9.84 Å². The Morgan fingerprint density at radius 2 is 1.75 bits per heavy atom. The zero-order valence-electron chi connectivity index (χ0n) is 9.18. The zero-order chi connectivity index (χ0) is 11.4. The molecule has 0 radical (unpaired) electrons. The lowest BCUT2D eigenvalue weighted by molar-refractivity contribution is 0.370. The number of phenolic OH excluding ortho intramolecular Hbond substituents is 1. The van der Waals surface area contributed by atoms with Gasteiger partial charge in [0.25, 0.3) is 0 Å². The Morgan fingerprint density at radius 3 is 2.44 bits per heavy atom. The molecule has 0 bridgehead atoms. The summed E-state index contributed by atoms with van der Waals surface area (Å²) < 4.78 is 5.20. The van der Waals surface area contributed by atoms with Crippen LogP contribution < -0.4 is 4.74 Å². The van der Waals surface area contributed by atoms with Crippen molar-refractivity contribution in [3.05, 3.63) is 59.7 Å². The Balaban J connectivity index is 2.31. The summed E-state index contributed by atoms with van der Waals surface area (Å²) in [6.07, 6.45) is 0.762.